The molecule has 31 heavy (non-hydrogen) atoms. The minimum atomic E-state index is -4.14. The number of primary amides is 1. The van der Waals surface area contributed by atoms with Crippen molar-refractivity contribution in [3.05, 3.63) is 40.8 Å². The topological polar surface area (TPSA) is 66.6 Å². The number of likely N-dealkylation sites (tertiary alicyclic amines) is 2. The van der Waals surface area contributed by atoms with E-state index in [-0.39, 0.29) is 16.5 Å². The second-order valence-electron chi connectivity index (χ2n) is 8.48. The first-order chi connectivity index (χ1) is 14.6. The number of alkyl halides is 3. The van der Waals surface area contributed by atoms with Gasteiger partial charge in [-0.3, -0.25) is 14.5 Å². The van der Waals surface area contributed by atoms with Crippen LogP contribution in [0.15, 0.2) is 18.2 Å². The average molecular weight is 459 g/mol. The highest BCUT2D eigenvalue weighted by Crippen LogP contribution is 2.33. The molecule has 1 aromatic rings. The summed E-state index contributed by atoms with van der Waals surface area (Å²) in [4.78, 5) is 27.3. The summed E-state index contributed by atoms with van der Waals surface area (Å²) in [6.45, 7) is 1.49. The van der Waals surface area contributed by atoms with Gasteiger partial charge in [0.2, 0.25) is 11.8 Å². The quantitative estimate of drug-likeness (QED) is 0.706. The Morgan fingerprint density at radius 1 is 1.06 bits per heavy atom. The molecule has 2 amide bonds. The highest BCUT2D eigenvalue weighted by Gasteiger charge is 2.35. The Morgan fingerprint density at radius 3 is 2.19 bits per heavy atom. The summed E-state index contributed by atoms with van der Waals surface area (Å²) in [7, 11) is 0. The molecular formula is C22H28ClF3N3O2. The monoisotopic (exact) mass is 458 g/mol. The van der Waals surface area contributed by atoms with Crippen LogP contribution in [0.2, 0.25) is 5.02 Å². The summed E-state index contributed by atoms with van der Waals surface area (Å²) >= 11 is 5.95. The Bertz CT molecular complexity index is 787. The Morgan fingerprint density at radius 2 is 1.65 bits per heavy atom. The van der Waals surface area contributed by atoms with Gasteiger partial charge in [-0.05, 0) is 74.7 Å². The predicted octanol–water partition coefficient (Wildman–Crippen LogP) is 3.70. The molecule has 5 nitrogen and oxygen atoms in total. The van der Waals surface area contributed by atoms with E-state index in [4.69, 9.17) is 17.3 Å². The van der Waals surface area contributed by atoms with Gasteiger partial charge in [0.1, 0.15) is 0 Å². The smallest absolute Gasteiger partial charge is 0.366 e. The van der Waals surface area contributed by atoms with Crippen LogP contribution in [0.5, 0.6) is 0 Å². The zero-order chi connectivity index (χ0) is 22.6. The lowest BCUT2D eigenvalue weighted by atomic mass is 9.78. The normalized spacial score (nSPS) is 19.5. The summed E-state index contributed by atoms with van der Waals surface area (Å²) in [6.07, 6.45) is 1.20. The van der Waals surface area contributed by atoms with E-state index >= 15 is 0 Å². The van der Waals surface area contributed by atoms with Gasteiger partial charge in [-0.1, -0.05) is 17.7 Å². The Balaban J connectivity index is 1.41. The molecule has 0 spiro atoms. The largest absolute Gasteiger partial charge is 0.401 e. The molecule has 9 heteroatoms. The van der Waals surface area contributed by atoms with Crippen molar-refractivity contribution in [3.63, 3.8) is 0 Å². The van der Waals surface area contributed by atoms with Crippen LogP contribution < -0.4 is 5.73 Å². The van der Waals surface area contributed by atoms with Gasteiger partial charge in [-0.2, -0.15) is 13.2 Å². The van der Waals surface area contributed by atoms with E-state index in [2.05, 4.69) is 0 Å². The fraction of sp³-hybridized carbons (Fsp3) is 0.591. The van der Waals surface area contributed by atoms with E-state index in [1.165, 1.54) is 4.90 Å². The number of carbonyl (C=O) groups excluding carboxylic acids is 2. The summed E-state index contributed by atoms with van der Waals surface area (Å²) in [5, 5.41) is 0.286. The number of nitrogens with two attached hydrogens (primary N) is 1. The van der Waals surface area contributed by atoms with Crippen molar-refractivity contribution in [3.8, 4) is 0 Å². The number of carbonyl (C=O) groups is 2. The Labute approximate surface area is 185 Å². The van der Waals surface area contributed by atoms with Gasteiger partial charge >= 0.3 is 6.18 Å². The van der Waals surface area contributed by atoms with Gasteiger partial charge in [0.15, 0.2) is 0 Å². The molecule has 171 valence electrons. The number of hydrogen-bond donors (Lipinski definition) is 1. The van der Waals surface area contributed by atoms with Gasteiger partial charge < -0.3 is 10.6 Å². The summed E-state index contributed by atoms with van der Waals surface area (Å²) in [5.41, 5.74) is 6.33. The lowest BCUT2D eigenvalue weighted by molar-refractivity contribution is -0.149. The van der Waals surface area contributed by atoms with Crippen molar-refractivity contribution in [2.75, 3.05) is 32.7 Å². The maximum atomic E-state index is 12.6. The number of amides is 2. The molecule has 0 atom stereocenters. The number of halogens is 4. The number of rotatable bonds is 6. The highest BCUT2D eigenvalue weighted by atomic mass is 35.5. The van der Waals surface area contributed by atoms with Crippen LogP contribution in [-0.2, 0) is 11.2 Å². The molecule has 0 bridgehead atoms. The van der Waals surface area contributed by atoms with Crippen molar-refractivity contribution >= 4 is 23.4 Å². The van der Waals surface area contributed by atoms with E-state index in [1.54, 1.807) is 24.6 Å². The molecule has 0 aliphatic carbocycles. The van der Waals surface area contributed by atoms with Crippen molar-refractivity contribution in [1.82, 2.24) is 9.80 Å². The first-order valence-corrected chi connectivity index (χ1v) is 11.0. The second-order valence-corrected chi connectivity index (χ2v) is 8.89. The molecule has 3 rings (SSSR count). The van der Waals surface area contributed by atoms with Crippen molar-refractivity contribution in [2.45, 2.75) is 38.3 Å². The van der Waals surface area contributed by atoms with E-state index in [0.29, 0.717) is 44.4 Å². The number of nitrogens with zero attached hydrogens (tertiary/aromatic N) is 2. The first-order valence-electron chi connectivity index (χ1n) is 10.6. The third-order valence-corrected chi connectivity index (χ3v) is 6.69. The molecule has 0 saturated carbocycles. The minimum Gasteiger partial charge on any atom is -0.366 e. The number of hydrogen-bond acceptors (Lipinski definition) is 3. The molecule has 0 unspecified atom stereocenters. The number of piperidine rings is 2. The van der Waals surface area contributed by atoms with Crippen LogP contribution in [-0.4, -0.2) is 60.5 Å². The van der Waals surface area contributed by atoms with Gasteiger partial charge in [0.25, 0.3) is 0 Å². The van der Waals surface area contributed by atoms with E-state index in [1.807, 2.05) is 4.90 Å². The SMILES string of the molecule is NC(=O)c1cc(C[CH]C(=O)N2CCC(C3CCN(CC(F)(F)F)CC3)CC2)ccc1Cl. The van der Waals surface area contributed by atoms with Crippen LogP contribution >= 0.6 is 11.6 Å². The first kappa shape index (κ1) is 23.9. The fourth-order valence-corrected chi connectivity index (χ4v) is 4.86. The lowest BCUT2D eigenvalue weighted by Gasteiger charge is -2.40. The molecule has 2 fully saturated rings. The van der Waals surface area contributed by atoms with Crippen molar-refractivity contribution < 1.29 is 22.8 Å². The van der Waals surface area contributed by atoms with Gasteiger partial charge in [0.05, 0.1) is 23.6 Å². The summed E-state index contributed by atoms with van der Waals surface area (Å²) in [6, 6.07) is 4.96. The van der Waals surface area contributed by atoms with E-state index < -0.39 is 18.6 Å². The predicted molar refractivity (Wildman–Crippen MR) is 112 cm³/mol. The average Bonchev–Trinajstić information content (AvgIpc) is 2.72. The summed E-state index contributed by atoms with van der Waals surface area (Å²) in [5.74, 6) is 0.247. The summed E-state index contributed by atoms with van der Waals surface area (Å²) < 4.78 is 37.6. The van der Waals surface area contributed by atoms with Gasteiger partial charge in [-0.25, -0.2) is 0 Å². The molecule has 1 radical (unpaired) electrons. The van der Waals surface area contributed by atoms with Crippen LogP contribution in [0.1, 0.15) is 41.6 Å². The third-order valence-electron chi connectivity index (χ3n) is 6.36. The van der Waals surface area contributed by atoms with Crippen LogP contribution in [0, 0.1) is 18.3 Å². The standard InChI is InChI=1S/C22H28ClF3N3O2/c23-19-3-1-15(13-18(19)21(27)31)2-4-20(30)29-11-7-17(8-12-29)16-5-9-28(10-6-16)14-22(24,25)26/h1,3-4,13,16-17H,2,5-12,14H2,(H2,27,31). The van der Waals surface area contributed by atoms with Crippen LogP contribution in [0.3, 0.4) is 0 Å². The van der Waals surface area contributed by atoms with E-state index in [9.17, 15) is 22.8 Å². The zero-order valence-electron chi connectivity index (χ0n) is 17.3. The van der Waals surface area contributed by atoms with Crippen LogP contribution in [0.25, 0.3) is 0 Å². The molecule has 2 heterocycles. The lowest BCUT2D eigenvalue weighted by Crippen LogP contribution is -2.44. The molecule has 2 aliphatic heterocycles. The van der Waals surface area contributed by atoms with Gasteiger partial charge in [0, 0.05) is 13.1 Å². The van der Waals surface area contributed by atoms with E-state index in [0.717, 1.165) is 31.2 Å². The molecule has 2 aliphatic rings. The minimum absolute atomic E-state index is 0.0472. The molecular weight excluding hydrogens is 431 g/mol. The van der Waals surface area contributed by atoms with Crippen molar-refractivity contribution in [1.29, 1.82) is 0 Å². The fourth-order valence-electron chi connectivity index (χ4n) is 4.65. The molecule has 1 aromatic carbocycles. The Kier molecular flexibility index (Phi) is 7.86. The maximum absolute atomic E-state index is 12.6. The highest BCUT2D eigenvalue weighted by molar-refractivity contribution is 6.33. The third kappa shape index (κ3) is 6.84. The maximum Gasteiger partial charge on any atom is 0.401 e. The van der Waals surface area contributed by atoms with Crippen molar-refractivity contribution in [2.24, 2.45) is 17.6 Å². The molecule has 2 saturated heterocycles. The van der Waals surface area contributed by atoms with Crippen LogP contribution in [0.4, 0.5) is 13.2 Å². The molecule has 2 N–H and O–H groups in total. The Hall–Kier alpha value is -1.80. The molecule has 0 aromatic heterocycles. The second kappa shape index (κ2) is 10.2. The van der Waals surface area contributed by atoms with Gasteiger partial charge in [-0.15, -0.1) is 0 Å². The zero-order valence-corrected chi connectivity index (χ0v) is 18.1. The number of benzene rings is 1.